The van der Waals surface area contributed by atoms with E-state index in [4.69, 9.17) is 16.3 Å². The Hall–Kier alpha value is -2.19. The van der Waals surface area contributed by atoms with E-state index in [2.05, 4.69) is 10.3 Å². The number of pyridine rings is 1. The van der Waals surface area contributed by atoms with Crippen LogP contribution in [0.1, 0.15) is 29.2 Å². The smallest absolute Gasteiger partial charge is 0.350 e. The monoisotopic (exact) mass is 383 g/mol. The van der Waals surface area contributed by atoms with Crippen LogP contribution in [-0.4, -0.2) is 28.0 Å². The van der Waals surface area contributed by atoms with E-state index in [1.165, 1.54) is 22.9 Å². The van der Waals surface area contributed by atoms with E-state index in [0.29, 0.717) is 22.2 Å². The Balaban J connectivity index is 2.04. The van der Waals surface area contributed by atoms with Crippen molar-refractivity contribution >= 4 is 39.9 Å². The average molecular weight is 384 g/mol. The van der Waals surface area contributed by atoms with Crippen LogP contribution in [0.15, 0.2) is 23.1 Å². The predicted molar refractivity (Wildman–Crippen MR) is 96.3 cm³/mol. The lowest BCUT2D eigenvalue weighted by molar-refractivity contribution is -0.116. The van der Waals surface area contributed by atoms with Crippen molar-refractivity contribution in [2.24, 2.45) is 5.92 Å². The van der Waals surface area contributed by atoms with Gasteiger partial charge >= 0.3 is 5.97 Å². The van der Waals surface area contributed by atoms with Crippen LogP contribution in [0.2, 0.25) is 5.02 Å². The number of aromatic nitrogens is 2. The van der Waals surface area contributed by atoms with Gasteiger partial charge in [-0.3, -0.25) is 9.59 Å². The van der Waals surface area contributed by atoms with Gasteiger partial charge in [0.2, 0.25) is 5.91 Å². The number of ether oxygens (including phenoxy) is 1. The predicted octanol–water partition coefficient (Wildman–Crippen LogP) is 2.72. The minimum absolute atomic E-state index is 0.203. The Kier molecular flexibility index (Phi) is 6.33. The second-order valence-electron chi connectivity index (χ2n) is 5.79. The Morgan fingerprint density at radius 2 is 2.12 bits per heavy atom. The second-order valence-corrected chi connectivity index (χ2v) is 7.22. The number of thiazole rings is 1. The summed E-state index contributed by atoms with van der Waals surface area (Å²) in [7, 11) is 0. The molecule has 134 valence electrons. The molecule has 1 amide bonds. The zero-order valence-electron chi connectivity index (χ0n) is 14.0. The van der Waals surface area contributed by atoms with E-state index in [1.54, 1.807) is 6.92 Å². The fraction of sp³-hybridized carbons (Fsp3) is 0.375. The quantitative estimate of drug-likeness (QED) is 0.774. The third-order valence-corrected chi connectivity index (χ3v) is 4.31. The normalized spacial score (nSPS) is 10.8. The molecule has 0 radical (unpaired) electrons. The standard InChI is InChI=1S/C16H18ClN3O4S/c1-9(2)8-24-15(23)14-10(3)18-16(25-14)19-12(21)7-20-6-11(17)4-5-13(20)22/h4-6,9H,7-8H2,1-3H3,(H,18,19,21). The first-order valence-electron chi connectivity index (χ1n) is 7.56. The number of hydrogen-bond donors (Lipinski definition) is 1. The molecule has 2 heterocycles. The molecule has 0 fully saturated rings. The summed E-state index contributed by atoms with van der Waals surface area (Å²) in [5.74, 6) is -0.678. The molecule has 0 aliphatic heterocycles. The first-order chi connectivity index (χ1) is 11.8. The van der Waals surface area contributed by atoms with E-state index in [0.717, 1.165) is 11.3 Å². The second kappa shape index (κ2) is 8.26. The van der Waals surface area contributed by atoms with E-state index >= 15 is 0 Å². The lowest BCUT2D eigenvalue weighted by Crippen LogP contribution is -2.26. The van der Waals surface area contributed by atoms with E-state index < -0.39 is 11.9 Å². The van der Waals surface area contributed by atoms with Gasteiger partial charge in [-0.1, -0.05) is 36.8 Å². The summed E-state index contributed by atoms with van der Waals surface area (Å²) in [6, 6.07) is 2.74. The zero-order valence-corrected chi connectivity index (χ0v) is 15.6. The fourth-order valence-corrected chi connectivity index (χ4v) is 2.94. The molecule has 0 saturated heterocycles. The highest BCUT2D eigenvalue weighted by Gasteiger charge is 2.18. The van der Waals surface area contributed by atoms with Crippen molar-refractivity contribution in [2.45, 2.75) is 27.3 Å². The molecule has 0 saturated carbocycles. The highest BCUT2D eigenvalue weighted by atomic mass is 35.5. The van der Waals surface area contributed by atoms with Crippen LogP contribution in [0, 0.1) is 12.8 Å². The number of nitrogens with one attached hydrogen (secondary N) is 1. The number of carbonyl (C=O) groups excluding carboxylic acids is 2. The fourth-order valence-electron chi connectivity index (χ4n) is 1.89. The summed E-state index contributed by atoms with van der Waals surface area (Å²) in [6.07, 6.45) is 1.38. The Morgan fingerprint density at radius 1 is 1.40 bits per heavy atom. The van der Waals surface area contributed by atoms with Gasteiger partial charge in [0.15, 0.2) is 5.13 Å². The minimum Gasteiger partial charge on any atom is -0.461 e. The highest BCUT2D eigenvalue weighted by Crippen LogP contribution is 2.23. The third-order valence-electron chi connectivity index (χ3n) is 3.04. The summed E-state index contributed by atoms with van der Waals surface area (Å²) < 4.78 is 6.36. The van der Waals surface area contributed by atoms with Crippen LogP contribution in [0.5, 0.6) is 0 Å². The number of anilines is 1. The molecule has 2 aromatic rings. The maximum absolute atomic E-state index is 12.1. The number of esters is 1. The number of halogens is 1. The summed E-state index contributed by atoms with van der Waals surface area (Å²) in [5.41, 5.74) is 0.141. The molecule has 2 aromatic heterocycles. The molecule has 7 nitrogen and oxygen atoms in total. The molecule has 0 unspecified atom stereocenters. The summed E-state index contributed by atoms with van der Waals surface area (Å²) in [4.78, 5) is 40.3. The third kappa shape index (κ3) is 5.40. The molecule has 2 rings (SSSR count). The van der Waals surface area contributed by atoms with Gasteiger partial charge in [-0.2, -0.15) is 0 Å². The average Bonchev–Trinajstić information content (AvgIpc) is 2.88. The van der Waals surface area contributed by atoms with Gasteiger partial charge in [0.1, 0.15) is 11.4 Å². The minimum atomic E-state index is -0.463. The van der Waals surface area contributed by atoms with Gasteiger partial charge in [0.25, 0.3) is 5.56 Å². The van der Waals surface area contributed by atoms with E-state index in [-0.39, 0.29) is 23.2 Å². The van der Waals surface area contributed by atoms with Gasteiger partial charge in [-0.25, -0.2) is 9.78 Å². The van der Waals surface area contributed by atoms with Gasteiger partial charge in [0.05, 0.1) is 17.3 Å². The number of aryl methyl sites for hydroxylation is 1. The first-order valence-corrected chi connectivity index (χ1v) is 8.76. The Bertz CT molecular complexity index is 844. The van der Waals surface area contributed by atoms with Crippen LogP contribution >= 0.6 is 22.9 Å². The van der Waals surface area contributed by atoms with E-state index in [1.807, 2.05) is 13.8 Å². The van der Waals surface area contributed by atoms with Crippen molar-refractivity contribution < 1.29 is 14.3 Å². The number of hydrogen-bond acceptors (Lipinski definition) is 6. The molecule has 0 aromatic carbocycles. The molecule has 0 atom stereocenters. The van der Waals surface area contributed by atoms with Crippen molar-refractivity contribution in [3.8, 4) is 0 Å². The summed E-state index contributed by atoms with van der Waals surface area (Å²) >= 11 is 6.85. The largest absolute Gasteiger partial charge is 0.461 e. The van der Waals surface area contributed by atoms with Crippen molar-refractivity contribution in [1.82, 2.24) is 9.55 Å². The summed E-state index contributed by atoms with van der Waals surface area (Å²) in [6.45, 7) is 5.66. The van der Waals surface area contributed by atoms with Crippen LogP contribution < -0.4 is 10.9 Å². The molecule has 9 heteroatoms. The van der Waals surface area contributed by atoms with Gasteiger partial charge in [0, 0.05) is 12.3 Å². The van der Waals surface area contributed by atoms with Crippen LogP contribution in [0.25, 0.3) is 0 Å². The molecule has 0 aliphatic carbocycles. The molecule has 25 heavy (non-hydrogen) atoms. The van der Waals surface area contributed by atoms with Crippen LogP contribution in [0.3, 0.4) is 0 Å². The maximum Gasteiger partial charge on any atom is 0.350 e. The lowest BCUT2D eigenvalue weighted by Gasteiger charge is -2.06. The van der Waals surface area contributed by atoms with Crippen molar-refractivity contribution in [2.75, 3.05) is 11.9 Å². The van der Waals surface area contributed by atoms with E-state index in [9.17, 15) is 14.4 Å². The lowest BCUT2D eigenvalue weighted by atomic mass is 10.2. The first kappa shape index (κ1) is 19.1. The van der Waals surface area contributed by atoms with Crippen LogP contribution in [-0.2, 0) is 16.1 Å². The molecular formula is C16H18ClN3O4S. The molecule has 0 aliphatic rings. The molecule has 0 bridgehead atoms. The molecule has 0 spiro atoms. The molecular weight excluding hydrogens is 366 g/mol. The zero-order chi connectivity index (χ0) is 18.6. The number of amides is 1. The topological polar surface area (TPSA) is 90.3 Å². The van der Waals surface area contributed by atoms with Gasteiger partial charge in [-0.15, -0.1) is 0 Å². The summed E-state index contributed by atoms with van der Waals surface area (Å²) in [5, 5.41) is 3.20. The Morgan fingerprint density at radius 3 is 2.80 bits per heavy atom. The number of rotatable bonds is 6. The SMILES string of the molecule is Cc1nc(NC(=O)Cn2cc(Cl)ccc2=O)sc1C(=O)OCC(C)C. The van der Waals surface area contributed by atoms with Gasteiger partial charge < -0.3 is 14.6 Å². The maximum atomic E-state index is 12.1. The van der Waals surface area contributed by atoms with Gasteiger partial charge in [-0.05, 0) is 18.9 Å². The van der Waals surface area contributed by atoms with Crippen molar-refractivity contribution in [3.63, 3.8) is 0 Å². The van der Waals surface area contributed by atoms with Crippen LogP contribution in [0.4, 0.5) is 5.13 Å². The van der Waals surface area contributed by atoms with Crippen molar-refractivity contribution in [1.29, 1.82) is 0 Å². The highest BCUT2D eigenvalue weighted by molar-refractivity contribution is 7.17. The van der Waals surface area contributed by atoms with Crippen molar-refractivity contribution in [3.05, 3.63) is 44.3 Å². The molecule has 1 N–H and O–H groups in total. The number of carbonyl (C=O) groups is 2. The Labute approximate surface area is 153 Å². The number of nitrogens with zero attached hydrogens (tertiary/aromatic N) is 2.